The normalized spacial score (nSPS) is 10.0. The Labute approximate surface area is 118 Å². The quantitative estimate of drug-likeness (QED) is 0.562. The number of Topliss-reactive ketones (excluding diaryl/α,β-unsaturated/α-hetero) is 1. The van der Waals surface area contributed by atoms with Gasteiger partial charge in [0.1, 0.15) is 0 Å². The zero-order chi connectivity index (χ0) is 15.1. The molecule has 6 heteroatoms. The number of nitrogens with zero attached hydrogens (tertiary/aromatic N) is 1. The third-order valence-corrected chi connectivity index (χ3v) is 2.90. The number of ketones is 1. The maximum Gasteiger partial charge on any atom is 0.246 e. The van der Waals surface area contributed by atoms with Gasteiger partial charge in [0.25, 0.3) is 0 Å². The van der Waals surface area contributed by atoms with Gasteiger partial charge < -0.3 is 9.47 Å². The number of amides is 1. The van der Waals surface area contributed by atoms with Crippen molar-refractivity contribution in [2.75, 3.05) is 28.4 Å². The van der Waals surface area contributed by atoms with E-state index in [1.54, 1.807) is 18.2 Å². The van der Waals surface area contributed by atoms with Crippen molar-refractivity contribution in [3.63, 3.8) is 0 Å². The lowest BCUT2D eigenvalue weighted by Crippen LogP contribution is -2.25. The molecule has 6 nitrogen and oxygen atoms in total. The summed E-state index contributed by atoms with van der Waals surface area (Å²) in [5.41, 5.74) is 0.482. The maximum atomic E-state index is 12.0. The van der Waals surface area contributed by atoms with E-state index in [2.05, 4.69) is 0 Å². The average molecular weight is 281 g/mol. The van der Waals surface area contributed by atoms with Crippen molar-refractivity contribution in [2.45, 2.75) is 12.8 Å². The van der Waals surface area contributed by atoms with E-state index >= 15 is 0 Å². The van der Waals surface area contributed by atoms with Crippen LogP contribution in [0.3, 0.4) is 0 Å². The number of hydrogen-bond acceptors (Lipinski definition) is 5. The van der Waals surface area contributed by atoms with Crippen LogP contribution in [0, 0.1) is 0 Å². The SMILES string of the molecule is COc1ccc(C(=O)CCC(=O)N(C)OC)cc1OC. The second kappa shape index (κ2) is 7.49. The van der Waals surface area contributed by atoms with Crippen molar-refractivity contribution < 1.29 is 23.9 Å². The molecule has 0 fully saturated rings. The van der Waals surface area contributed by atoms with Crippen LogP contribution in [0.1, 0.15) is 23.2 Å². The molecule has 1 aromatic rings. The molecule has 0 aliphatic rings. The molecule has 0 aliphatic heterocycles. The second-order valence-corrected chi connectivity index (χ2v) is 4.07. The Balaban J connectivity index is 2.71. The Bertz CT molecular complexity index is 486. The summed E-state index contributed by atoms with van der Waals surface area (Å²) in [7, 11) is 5.93. The lowest BCUT2D eigenvalue weighted by atomic mass is 10.1. The van der Waals surface area contributed by atoms with Gasteiger partial charge in [-0.05, 0) is 18.2 Å². The van der Waals surface area contributed by atoms with Crippen molar-refractivity contribution in [2.24, 2.45) is 0 Å². The lowest BCUT2D eigenvalue weighted by Gasteiger charge is -2.13. The molecule has 0 spiro atoms. The van der Waals surface area contributed by atoms with Crippen LogP contribution in [0.4, 0.5) is 0 Å². The van der Waals surface area contributed by atoms with E-state index in [-0.39, 0.29) is 24.5 Å². The third-order valence-electron chi connectivity index (χ3n) is 2.90. The first-order valence-corrected chi connectivity index (χ1v) is 6.09. The summed E-state index contributed by atoms with van der Waals surface area (Å²) < 4.78 is 10.2. The van der Waals surface area contributed by atoms with Gasteiger partial charge in [-0.25, -0.2) is 5.06 Å². The van der Waals surface area contributed by atoms with Gasteiger partial charge in [0.15, 0.2) is 17.3 Å². The van der Waals surface area contributed by atoms with Gasteiger partial charge in [-0.1, -0.05) is 0 Å². The van der Waals surface area contributed by atoms with Gasteiger partial charge in [0.2, 0.25) is 5.91 Å². The molecule has 0 heterocycles. The maximum absolute atomic E-state index is 12.0. The van der Waals surface area contributed by atoms with Gasteiger partial charge in [0.05, 0.1) is 21.3 Å². The Hall–Kier alpha value is -2.08. The number of rotatable bonds is 7. The predicted octanol–water partition coefficient (Wildman–Crippen LogP) is 1.69. The van der Waals surface area contributed by atoms with Crippen molar-refractivity contribution in [1.29, 1.82) is 0 Å². The minimum Gasteiger partial charge on any atom is -0.493 e. The lowest BCUT2D eigenvalue weighted by molar-refractivity contribution is -0.168. The highest BCUT2D eigenvalue weighted by atomic mass is 16.7. The van der Waals surface area contributed by atoms with Crippen molar-refractivity contribution in [1.82, 2.24) is 5.06 Å². The molecule has 0 radical (unpaired) electrons. The van der Waals surface area contributed by atoms with Crippen LogP contribution < -0.4 is 9.47 Å². The van der Waals surface area contributed by atoms with Crippen LogP contribution in [-0.2, 0) is 9.63 Å². The number of benzene rings is 1. The van der Waals surface area contributed by atoms with Crippen LogP contribution in [0.25, 0.3) is 0 Å². The summed E-state index contributed by atoms with van der Waals surface area (Å²) in [6.07, 6.45) is 0.208. The number of carbonyl (C=O) groups is 2. The summed E-state index contributed by atoms with van der Waals surface area (Å²) in [6.45, 7) is 0. The highest BCUT2D eigenvalue weighted by Crippen LogP contribution is 2.28. The molecule has 0 aliphatic carbocycles. The van der Waals surface area contributed by atoms with E-state index in [1.165, 1.54) is 28.4 Å². The molecular formula is C14H19NO5. The van der Waals surface area contributed by atoms with Crippen molar-refractivity contribution in [3.05, 3.63) is 23.8 Å². The van der Waals surface area contributed by atoms with Crippen LogP contribution in [-0.4, -0.2) is 45.1 Å². The summed E-state index contributed by atoms with van der Waals surface area (Å²) >= 11 is 0. The highest BCUT2D eigenvalue weighted by molar-refractivity contribution is 5.98. The van der Waals surface area contributed by atoms with Gasteiger partial charge >= 0.3 is 0 Å². The van der Waals surface area contributed by atoms with Crippen LogP contribution in [0.15, 0.2) is 18.2 Å². The van der Waals surface area contributed by atoms with Crippen LogP contribution in [0.2, 0.25) is 0 Å². The monoisotopic (exact) mass is 281 g/mol. The van der Waals surface area contributed by atoms with E-state index in [1.807, 2.05) is 0 Å². The van der Waals surface area contributed by atoms with E-state index < -0.39 is 0 Å². The standard InChI is InChI=1S/C14H19NO5/c1-15(20-4)14(17)8-6-11(16)10-5-7-12(18-2)13(9-10)19-3/h5,7,9H,6,8H2,1-4H3. The molecule has 1 aromatic carbocycles. The van der Waals surface area contributed by atoms with Gasteiger partial charge in [-0.2, -0.15) is 0 Å². The van der Waals surface area contributed by atoms with Crippen LogP contribution >= 0.6 is 0 Å². The fraction of sp³-hybridized carbons (Fsp3) is 0.429. The summed E-state index contributed by atoms with van der Waals surface area (Å²) in [6, 6.07) is 4.91. The first kappa shape index (κ1) is 16.0. The molecule has 0 bridgehead atoms. The Morgan fingerprint density at radius 1 is 1.05 bits per heavy atom. The van der Waals surface area contributed by atoms with E-state index in [0.29, 0.717) is 17.1 Å². The Morgan fingerprint density at radius 3 is 2.25 bits per heavy atom. The average Bonchev–Trinajstić information content (AvgIpc) is 2.50. The molecule has 0 saturated heterocycles. The molecule has 20 heavy (non-hydrogen) atoms. The van der Waals surface area contributed by atoms with E-state index in [0.717, 1.165) is 5.06 Å². The summed E-state index contributed by atoms with van der Waals surface area (Å²) in [5, 5.41) is 1.10. The number of ether oxygens (including phenoxy) is 2. The topological polar surface area (TPSA) is 65.1 Å². The molecular weight excluding hydrogens is 262 g/mol. The van der Waals surface area contributed by atoms with E-state index in [9.17, 15) is 9.59 Å². The fourth-order valence-corrected chi connectivity index (χ4v) is 1.63. The number of carbonyl (C=O) groups excluding carboxylic acids is 2. The molecule has 0 N–H and O–H groups in total. The number of methoxy groups -OCH3 is 2. The van der Waals surface area contributed by atoms with Gasteiger partial charge in [-0.15, -0.1) is 0 Å². The molecule has 0 aromatic heterocycles. The molecule has 0 saturated carbocycles. The smallest absolute Gasteiger partial charge is 0.246 e. The van der Waals surface area contributed by atoms with Crippen molar-refractivity contribution in [3.8, 4) is 11.5 Å². The molecule has 0 atom stereocenters. The highest BCUT2D eigenvalue weighted by Gasteiger charge is 2.14. The van der Waals surface area contributed by atoms with Gasteiger partial charge in [0, 0.05) is 25.5 Å². The second-order valence-electron chi connectivity index (χ2n) is 4.07. The minimum atomic E-state index is -0.249. The molecule has 1 rings (SSSR count). The molecule has 1 amide bonds. The third kappa shape index (κ3) is 3.96. The summed E-state index contributed by atoms with van der Waals surface area (Å²) in [5.74, 6) is 0.656. The van der Waals surface area contributed by atoms with Crippen molar-refractivity contribution >= 4 is 11.7 Å². The largest absolute Gasteiger partial charge is 0.493 e. The number of hydrogen-bond donors (Lipinski definition) is 0. The molecule has 0 unspecified atom stereocenters. The molecule has 110 valence electrons. The Morgan fingerprint density at radius 2 is 1.70 bits per heavy atom. The number of hydroxylamine groups is 2. The van der Waals surface area contributed by atoms with E-state index in [4.69, 9.17) is 14.3 Å². The van der Waals surface area contributed by atoms with Gasteiger partial charge in [-0.3, -0.25) is 14.4 Å². The minimum absolute atomic E-state index is 0.0948. The zero-order valence-electron chi connectivity index (χ0n) is 12.1. The Kier molecular flexibility index (Phi) is 5.99. The zero-order valence-corrected chi connectivity index (χ0v) is 12.1. The first-order chi connectivity index (χ1) is 9.53. The first-order valence-electron chi connectivity index (χ1n) is 6.09. The predicted molar refractivity (Wildman–Crippen MR) is 72.9 cm³/mol. The fourth-order valence-electron chi connectivity index (χ4n) is 1.63. The summed E-state index contributed by atoms with van der Waals surface area (Å²) in [4.78, 5) is 28.3. The van der Waals surface area contributed by atoms with Crippen LogP contribution in [0.5, 0.6) is 11.5 Å².